The fourth-order valence-corrected chi connectivity index (χ4v) is 5.79. The van der Waals surface area contributed by atoms with E-state index in [1.165, 1.54) is 17.4 Å². The molecule has 1 aromatic carbocycles. The summed E-state index contributed by atoms with van der Waals surface area (Å²) in [5.41, 5.74) is 2.85. The Balaban J connectivity index is 1.43. The van der Waals surface area contributed by atoms with E-state index in [1.54, 1.807) is 19.2 Å². The van der Waals surface area contributed by atoms with E-state index >= 15 is 0 Å². The van der Waals surface area contributed by atoms with Crippen molar-refractivity contribution in [3.8, 4) is 10.6 Å². The monoisotopic (exact) mass is 546 g/mol. The second-order valence-electron chi connectivity index (χ2n) is 10.3. The van der Waals surface area contributed by atoms with Crippen LogP contribution in [0.2, 0.25) is 0 Å². The van der Waals surface area contributed by atoms with Gasteiger partial charge in [0.05, 0.1) is 33.0 Å². The van der Waals surface area contributed by atoms with Crippen molar-refractivity contribution in [3.63, 3.8) is 0 Å². The summed E-state index contributed by atoms with van der Waals surface area (Å²) < 4.78 is 7.63. The van der Waals surface area contributed by atoms with Crippen molar-refractivity contribution in [1.82, 2.24) is 24.8 Å². The Kier molecular flexibility index (Phi) is 7.94. The number of rotatable bonds is 10. The summed E-state index contributed by atoms with van der Waals surface area (Å²) in [6, 6.07) is 9.83. The van der Waals surface area contributed by atoms with E-state index in [1.807, 2.05) is 15.5 Å². The summed E-state index contributed by atoms with van der Waals surface area (Å²) in [5, 5.41) is 6.51. The summed E-state index contributed by atoms with van der Waals surface area (Å²) in [7, 11) is 0. The molecule has 0 saturated carbocycles. The Morgan fingerprint density at radius 3 is 2.87 bits per heavy atom. The average Bonchev–Trinajstić information content (AvgIpc) is 3.71. The molecule has 9 nitrogen and oxygen atoms in total. The van der Waals surface area contributed by atoms with E-state index in [9.17, 15) is 9.59 Å². The molecule has 1 unspecified atom stereocenters. The van der Waals surface area contributed by atoms with Crippen molar-refractivity contribution in [2.45, 2.75) is 52.7 Å². The number of benzene rings is 1. The van der Waals surface area contributed by atoms with Gasteiger partial charge in [0.15, 0.2) is 11.7 Å². The predicted molar refractivity (Wildman–Crippen MR) is 154 cm³/mol. The zero-order valence-electron chi connectivity index (χ0n) is 22.6. The number of hydrogen-bond donors (Lipinski definition) is 2. The van der Waals surface area contributed by atoms with E-state index in [0.717, 1.165) is 47.4 Å². The van der Waals surface area contributed by atoms with E-state index < -0.39 is 0 Å². The number of imidazole rings is 1. The maximum absolute atomic E-state index is 13.3. The van der Waals surface area contributed by atoms with Crippen molar-refractivity contribution in [3.05, 3.63) is 65.5 Å². The molecule has 2 amide bonds. The van der Waals surface area contributed by atoms with Crippen LogP contribution in [0.1, 0.15) is 47.8 Å². The minimum absolute atomic E-state index is 0.000954. The van der Waals surface area contributed by atoms with Crippen molar-refractivity contribution in [2.75, 3.05) is 18.4 Å². The molecule has 5 rings (SSSR count). The molecule has 1 fully saturated rings. The Hall–Kier alpha value is -3.76. The molecule has 10 heteroatoms. The molecule has 0 radical (unpaired) electrons. The number of anilines is 1. The number of likely N-dealkylation sites (tertiary alicyclic amines) is 1. The highest BCUT2D eigenvalue weighted by atomic mass is 32.1. The zero-order chi connectivity index (χ0) is 27.5. The summed E-state index contributed by atoms with van der Waals surface area (Å²) in [6.07, 6.45) is 4.85. The lowest BCUT2D eigenvalue weighted by atomic mass is 10.1. The van der Waals surface area contributed by atoms with Crippen molar-refractivity contribution < 1.29 is 14.0 Å². The third kappa shape index (κ3) is 5.97. The molecule has 204 valence electrons. The quantitative estimate of drug-likeness (QED) is 0.264. The van der Waals surface area contributed by atoms with Crippen LogP contribution >= 0.6 is 11.3 Å². The Morgan fingerprint density at radius 1 is 1.28 bits per heavy atom. The normalized spacial score (nSPS) is 15.4. The number of amides is 2. The molecular weight excluding hydrogens is 512 g/mol. The fraction of sp³-hybridized carbons (Fsp3) is 0.379. The van der Waals surface area contributed by atoms with Crippen LogP contribution in [0.15, 0.2) is 53.6 Å². The topological polar surface area (TPSA) is 105 Å². The maximum Gasteiger partial charge on any atom is 0.268 e. The molecule has 1 aliphatic rings. The molecule has 1 aliphatic heterocycles. The van der Waals surface area contributed by atoms with Gasteiger partial charge in [-0.15, -0.1) is 11.3 Å². The van der Waals surface area contributed by atoms with Crippen LogP contribution in [0.25, 0.3) is 21.7 Å². The fourth-order valence-electron chi connectivity index (χ4n) is 4.95. The van der Waals surface area contributed by atoms with Crippen molar-refractivity contribution >= 4 is 40.1 Å². The minimum atomic E-state index is -0.247. The molecule has 4 aromatic rings. The standard InChI is InChI=1S/C29H34N6O3S/c1-5-27(36)34-12-6-7-21(34)17-35-23-9-8-20(15-30-14-18(2)3)13-22(23)32-29(35)33-28(37)26-11-10-25(39-26)24-16-31-19(4)38-24/h5,8-11,13,16,18,21,30H,1,6-7,12,14-15,17H2,2-4H3,(H,32,33,37). The first-order valence-corrected chi connectivity index (χ1v) is 14.1. The molecular formula is C29H34N6O3S. The molecule has 0 aliphatic carbocycles. The van der Waals surface area contributed by atoms with Gasteiger partial charge in [-0.2, -0.15) is 0 Å². The van der Waals surface area contributed by atoms with Crippen molar-refractivity contribution in [2.24, 2.45) is 5.92 Å². The number of nitrogens with zero attached hydrogens (tertiary/aromatic N) is 4. The van der Waals surface area contributed by atoms with E-state index in [-0.39, 0.29) is 17.9 Å². The van der Waals surface area contributed by atoms with Gasteiger partial charge >= 0.3 is 0 Å². The summed E-state index contributed by atoms with van der Waals surface area (Å²) in [5.74, 6) is 1.92. The SMILES string of the molecule is C=CC(=O)N1CCCC1Cn1c(NC(=O)c2ccc(-c3cnc(C)o3)s2)nc2cc(CNCC(C)C)ccc21. The smallest absolute Gasteiger partial charge is 0.268 e. The minimum Gasteiger partial charge on any atom is -0.440 e. The number of aromatic nitrogens is 3. The number of carbonyl (C=O) groups excluding carboxylic acids is 2. The summed E-state index contributed by atoms with van der Waals surface area (Å²) >= 11 is 1.34. The first-order valence-electron chi connectivity index (χ1n) is 13.3. The lowest BCUT2D eigenvalue weighted by molar-refractivity contribution is -0.126. The Morgan fingerprint density at radius 2 is 2.13 bits per heavy atom. The zero-order valence-corrected chi connectivity index (χ0v) is 23.4. The van der Waals surface area contributed by atoms with Crippen LogP contribution in [0.4, 0.5) is 5.95 Å². The molecule has 39 heavy (non-hydrogen) atoms. The molecule has 1 atom stereocenters. The van der Waals surface area contributed by atoms with Crippen LogP contribution < -0.4 is 10.6 Å². The molecule has 0 bridgehead atoms. The second-order valence-corrected chi connectivity index (χ2v) is 11.4. The predicted octanol–water partition coefficient (Wildman–Crippen LogP) is 5.24. The first kappa shape index (κ1) is 26.8. The van der Waals surface area contributed by atoms with E-state index in [4.69, 9.17) is 9.40 Å². The third-order valence-electron chi connectivity index (χ3n) is 6.84. The maximum atomic E-state index is 13.3. The third-order valence-corrected chi connectivity index (χ3v) is 7.94. The van der Waals surface area contributed by atoms with Gasteiger partial charge in [-0.1, -0.05) is 26.5 Å². The van der Waals surface area contributed by atoms with Gasteiger partial charge in [0.1, 0.15) is 0 Å². The number of hydrogen-bond acceptors (Lipinski definition) is 7. The van der Waals surface area contributed by atoms with E-state index in [0.29, 0.717) is 41.5 Å². The van der Waals surface area contributed by atoms with Gasteiger partial charge in [0, 0.05) is 26.6 Å². The summed E-state index contributed by atoms with van der Waals surface area (Å²) in [4.78, 5) is 38.0. The molecule has 4 heterocycles. The van der Waals surface area contributed by atoms with Crippen LogP contribution in [0.3, 0.4) is 0 Å². The lowest BCUT2D eigenvalue weighted by Crippen LogP contribution is -2.37. The van der Waals surface area contributed by atoms with Gasteiger partial charge < -0.3 is 19.2 Å². The van der Waals surface area contributed by atoms with Gasteiger partial charge in [-0.3, -0.25) is 14.9 Å². The number of fused-ring (bicyclic) bond motifs is 1. The molecule has 0 spiro atoms. The highest BCUT2D eigenvalue weighted by Crippen LogP contribution is 2.30. The van der Waals surface area contributed by atoms with Crippen LogP contribution in [0.5, 0.6) is 0 Å². The van der Waals surface area contributed by atoms with Gasteiger partial charge in [0.2, 0.25) is 11.9 Å². The lowest BCUT2D eigenvalue weighted by Gasteiger charge is -2.24. The Labute approximate surface area is 231 Å². The van der Waals surface area contributed by atoms with Crippen LogP contribution in [-0.4, -0.2) is 50.4 Å². The largest absolute Gasteiger partial charge is 0.440 e. The highest BCUT2D eigenvalue weighted by Gasteiger charge is 2.29. The summed E-state index contributed by atoms with van der Waals surface area (Å²) in [6.45, 7) is 12.7. The molecule has 3 aromatic heterocycles. The number of carbonyl (C=O) groups is 2. The van der Waals surface area contributed by atoms with Crippen LogP contribution in [-0.2, 0) is 17.9 Å². The van der Waals surface area contributed by atoms with Crippen molar-refractivity contribution in [1.29, 1.82) is 0 Å². The van der Waals surface area contributed by atoms with Gasteiger partial charge in [-0.05, 0) is 61.2 Å². The Bertz CT molecular complexity index is 1500. The van der Waals surface area contributed by atoms with Crippen LogP contribution in [0, 0.1) is 12.8 Å². The van der Waals surface area contributed by atoms with Gasteiger partial charge in [-0.25, -0.2) is 9.97 Å². The molecule has 2 N–H and O–H groups in total. The number of thiophene rings is 1. The number of nitrogens with one attached hydrogen (secondary N) is 2. The second kappa shape index (κ2) is 11.5. The first-order chi connectivity index (χ1) is 18.8. The number of aryl methyl sites for hydroxylation is 1. The number of oxazole rings is 1. The average molecular weight is 547 g/mol. The van der Waals surface area contributed by atoms with E-state index in [2.05, 4.69) is 54.2 Å². The highest BCUT2D eigenvalue weighted by molar-refractivity contribution is 7.17. The molecule has 1 saturated heterocycles. The van der Waals surface area contributed by atoms with Gasteiger partial charge in [0.25, 0.3) is 5.91 Å².